The lowest BCUT2D eigenvalue weighted by Gasteiger charge is -2.06. The first kappa shape index (κ1) is 13.2. The zero-order valence-corrected chi connectivity index (χ0v) is 11.6. The van der Waals surface area contributed by atoms with Crippen molar-refractivity contribution in [3.63, 3.8) is 0 Å². The first-order valence-electron chi connectivity index (χ1n) is 6.40. The van der Waals surface area contributed by atoms with Crippen LogP contribution >= 0.6 is 11.6 Å². The van der Waals surface area contributed by atoms with Gasteiger partial charge < -0.3 is 10.3 Å². The van der Waals surface area contributed by atoms with E-state index >= 15 is 0 Å². The summed E-state index contributed by atoms with van der Waals surface area (Å²) in [6.45, 7) is 1.14. The van der Waals surface area contributed by atoms with Crippen LogP contribution in [0.1, 0.15) is 11.1 Å². The second-order valence-corrected chi connectivity index (χ2v) is 5.16. The molecule has 0 saturated carbocycles. The molecule has 2 aromatic carbocycles. The van der Waals surface area contributed by atoms with Crippen LogP contribution in [0.5, 0.6) is 0 Å². The average Bonchev–Trinajstić information content (AvgIpc) is 2.81. The molecular formula is C16H14ClFN2. The van der Waals surface area contributed by atoms with Crippen molar-refractivity contribution in [2.24, 2.45) is 5.73 Å². The highest BCUT2D eigenvalue weighted by molar-refractivity contribution is 6.30. The fourth-order valence-electron chi connectivity index (χ4n) is 2.45. The third-order valence-corrected chi connectivity index (χ3v) is 3.72. The second-order valence-electron chi connectivity index (χ2n) is 4.75. The van der Waals surface area contributed by atoms with Gasteiger partial charge in [-0.1, -0.05) is 35.9 Å². The smallest absolute Gasteiger partial charge is 0.141 e. The number of fused-ring (bicyclic) bond motifs is 1. The lowest BCUT2D eigenvalue weighted by molar-refractivity contribution is 0.627. The van der Waals surface area contributed by atoms with Gasteiger partial charge in [0.15, 0.2) is 0 Å². The molecule has 0 radical (unpaired) electrons. The molecule has 0 unspecified atom stereocenters. The minimum absolute atomic E-state index is 0.151. The van der Waals surface area contributed by atoms with Gasteiger partial charge in [0.25, 0.3) is 0 Å². The van der Waals surface area contributed by atoms with Crippen LogP contribution in [0.4, 0.5) is 4.39 Å². The van der Waals surface area contributed by atoms with E-state index in [0.717, 1.165) is 22.0 Å². The summed E-state index contributed by atoms with van der Waals surface area (Å²) in [5.41, 5.74) is 8.97. The Kier molecular flexibility index (Phi) is 3.47. The van der Waals surface area contributed by atoms with Crippen LogP contribution in [-0.4, -0.2) is 4.57 Å². The molecule has 0 spiro atoms. The molecule has 3 rings (SSSR count). The molecule has 20 heavy (non-hydrogen) atoms. The van der Waals surface area contributed by atoms with E-state index in [4.69, 9.17) is 17.3 Å². The van der Waals surface area contributed by atoms with Crippen molar-refractivity contribution in [1.29, 1.82) is 0 Å². The van der Waals surface area contributed by atoms with Gasteiger partial charge in [-0.3, -0.25) is 0 Å². The predicted molar refractivity (Wildman–Crippen MR) is 80.3 cm³/mol. The maximum atomic E-state index is 13.2. The molecule has 0 aliphatic rings. The van der Waals surface area contributed by atoms with Gasteiger partial charge in [-0.05, 0) is 29.3 Å². The number of benzene rings is 2. The lowest BCUT2D eigenvalue weighted by Crippen LogP contribution is -1.99. The first-order valence-corrected chi connectivity index (χ1v) is 6.77. The summed E-state index contributed by atoms with van der Waals surface area (Å²) in [5, 5.41) is 1.31. The number of para-hydroxylation sites is 1. The predicted octanol–water partition coefficient (Wildman–Crippen LogP) is 3.94. The highest BCUT2D eigenvalue weighted by Crippen LogP contribution is 2.23. The van der Waals surface area contributed by atoms with Crippen LogP contribution in [0.15, 0.2) is 48.7 Å². The molecule has 1 heterocycles. The van der Waals surface area contributed by atoms with Gasteiger partial charge in [0.05, 0.1) is 5.02 Å². The summed E-state index contributed by atoms with van der Waals surface area (Å²) >= 11 is 5.83. The van der Waals surface area contributed by atoms with Crippen LogP contribution in [0.3, 0.4) is 0 Å². The van der Waals surface area contributed by atoms with Crippen LogP contribution in [0, 0.1) is 5.82 Å². The summed E-state index contributed by atoms with van der Waals surface area (Å²) in [4.78, 5) is 0. The average molecular weight is 289 g/mol. The fraction of sp³-hybridized carbons (Fsp3) is 0.125. The normalized spacial score (nSPS) is 11.2. The molecule has 0 atom stereocenters. The van der Waals surface area contributed by atoms with Gasteiger partial charge in [-0.15, -0.1) is 0 Å². The second kappa shape index (κ2) is 5.27. The molecule has 3 aromatic rings. The lowest BCUT2D eigenvalue weighted by atomic mass is 10.2. The van der Waals surface area contributed by atoms with E-state index in [1.54, 1.807) is 12.1 Å². The van der Waals surface area contributed by atoms with Gasteiger partial charge in [0.2, 0.25) is 0 Å². The Hall–Kier alpha value is -1.84. The zero-order chi connectivity index (χ0) is 14.1. The minimum Gasteiger partial charge on any atom is -0.343 e. The number of aromatic nitrogens is 1. The Balaban J connectivity index is 2.04. The van der Waals surface area contributed by atoms with Gasteiger partial charge >= 0.3 is 0 Å². The summed E-state index contributed by atoms with van der Waals surface area (Å²) in [7, 11) is 0. The Labute approximate surface area is 121 Å². The van der Waals surface area contributed by atoms with E-state index in [9.17, 15) is 4.39 Å². The minimum atomic E-state index is -0.393. The highest BCUT2D eigenvalue weighted by Gasteiger charge is 2.08. The van der Waals surface area contributed by atoms with Crippen LogP contribution in [0.2, 0.25) is 5.02 Å². The molecule has 0 aliphatic carbocycles. The van der Waals surface area contributed by atoms with Gasteiger partial charge in [-0.25, -0.2) is 4.39 Å². The van der Waals surface area contributed by atoms with E-state index in [1.807, 2.05) is 18.3 Å². The largest absolute Gasteiger partial charge is 0.343 e. The number of hydrogen-bond acceptors (Lipinski definition) is 1. The topological polar surface area (TPSA) is 30.9 Å². The van der Waals surface area contributed by atoms with E-state index in [0.29, 0.717) is 13.1 Å². The summed E-state index contributed by atoms with van der Waals surface area (Å²) < 4.78 is 15.3. The number of nitrogens with two attached hydrogens (primary N) is 1. The molecule has 1 aromatic heterocycles. The molecule has 102 valence electrons. The molecule has 0 bridgehead atoms. The van der Waals surface area contributed by atoms with Crippen molar-refractivity contribution in [2.45, 2.75) is 13.1 Å². The Morgan fingerprint density at radius 3 is 2.70 bits per heavy atom. The molecule has 0 saturated heterocycles. The van der Waals surface area contributed by atoms with Crippen LogP contribution in [-0.2, 0) is 13.1 Å². The van der Waals surface area contributed by atoms with E-state index < -0.39 is 5.82 Å². The third-order valence-electron chi connectivity index (χ3n) is 3.43. The van der Waals surface area contributed by atoms with Crippen molar-refractivity contribution >= 4 is 22.5 Å². The van der Waals surface area contributed by atoms with Gasteiger partial charge in [0, 0.05) is 30.2 Å². The van der Waals surface area contributed by atoms with Crippen LogP contribution in [0.25, 0.3) is 10.9 Å². The maximum absolute atomic E-state index is 13.2. The molecule has 0 aliphatic heterocycles. The quantitative estimate of drug-likeness (QED) is 0.777. The summed E-state index contributed by atoms with van der Waals surface area (Å²) in [6, 6.07) is 12.9. The van der Waals surface area contributed by atoms with Crippen molar-refractivity contribution in [1.82, 2.24) is 4.57 Å². The number of hydrogen-bond donors (Lipinski definition) is 1. The molecule has 4 heteroatoms. The summed E-state index contributed by atoms with van der Waals surface area (Å²) in [6.07, 6.45) is 2.04. The number of rotatable bonds is 3. The van der Waals surface area contributed by atoms with E-state index in [2.05, 4.69) is 16.7 Å². The monoisotopic (exact) mass is 288 g/mol. The molecule has 2 nitrogen and oxygen atoms in total. The molecule has 2 N–H and O–H groups in total. The molecular weight excluding hydrogens is 275 g/mol. The zero-order valence-electron chi connectivity index (χ0n) is 10.8. The summed E-state index contributed by atoms with van der Waals surface area (Å²) in [5.74, 6) is -0.393. The van der Waals surface area contributed by atoms with Gasteiger partial charge in [-0.2, -0.15) is 0 Å². The van der Waals surface area contributed by atoms with E-state index in [1.165, 1.54) is 6.07 Å². The Bertz CT molecular complexity index is 764. The fourth-order valence-corrected chi connectivity index (χ4v) is 2.65. The Morgan fingerprint density at radius 1 is 1.15 bits per heavy atom. The number of halogens is 2. The SMILES string of the molecule is NCc1cn(Cc2ccc(F)c(Cl)c2)c2ccccc12. The van der Waals surface area contributed by atoms with Crippen molar-refractivity contribution in [3.8, 4) is 0 Å². The first-order chi connectivity index (χ1) is 9.69. The standard InChI is InChI=1S/C16H14ClFN2/c17-14-7-11(5-6-15(14)18)9-20-10-12(8-19)13-3-1-2-4-16(13)20/h1-7,10H,8-9,19H2. The Morgan fingerprint density at radius 2 is 1.95 bits per heavy atom. The number of nitrogens with zero attached hydrogens (tertiary/aromatic N) is 1. The third kappa shape index (κ3) is 2.30. The van der Waals surface area contributed by atoms with E-state index in [-0.39, 0.29) is 5.02 Å². The van der Waals surface area contributed by atoms with Gasteiger partial charge in [0.1, 0.15) is 5.82 Å². The van der Waals surface area contributed by atoms with Crippen LogP contribution < -0.4 is 5.73 Å². The van der Waals surface area contributed by atoms with Crippen molar-refractivity contribution in [2.75, 3.05) is 0 Å². The highest BCUT2D eigenvalue weighted by atomic mass is 35.5. The molecule has 0 fully saturated rings. The van der Waals surface area contributed by atoms with Crippen molar-refractivity contribution < 1.29 is 4.39 Å². The van der Waals surface area contributed by atoms with Crippen molar-refractivity contribution in [3.05, 3.63) is 70.6 Å². The molecule has 0 amide bonds. The maximum Gasteiger partial charge on any atom is 0.141 e.